The van der Waals surface area contributed by atoms with Crippen molar-refractivity contribution in [1.29, 1.82) is 0 Å². The second-order valence-corrected chi connectivity index (χ2v) is 20.0. The summed E-state index contributed by atoms with van der Waals surface area (Å²) in [7, 11) is 0. The summed E-state index contributed by atoms with van der Waals surface area (Å²) >= 11 is 0. The van der Waals surface area contributed by atoms with Gasteiger partial charge in [-0.05, 0) is 146 Å². The summed E-state index contributed by atoms with van der Waals surface area (Å²) in [5.41, 5.74) is 6.46. The van der Waals surface area contributed by atoms with Crippen LogP contribution in [-0.4, -0.2) is 55.3 Å². The van der Waals surface area contributed by atoms with Crippen molar-refractivity contribution >= 4 is 5.97 Å². The molecule has 1 unspecified atom stereocenters. The number of epoxide rings is 1. The predicted molar refractivity (Wildman–Crippen MR) is 212 cm³/mol. The molecule has 0 saturated carbocycles. The molecular weight excluding hydrogens is 612 g/mol. The van der Waals surface area contributed by atoms with E-state index in [4.69, 9.17) is 23.7 Å². The van der Waals surface area contributed by atoms with Crippen molar-refractivity contribution in [3.05, 3.63) is 34.1 Å². The Morgan fingerprint density at radius 3 is 1.33 bits per heavy atom. The predicted octanol–water partition coefficient (Wildman–Crippen LogP) is 12.5. The van der Waals surface area contributed by atoms with Crippen LogP contribution in [0.4, 0.5) is 0 Å². The molecule has 0 spiro atoms. The van der Waals surface area contributed by atoms with Gasteiger partial charge in [-0.15, -0.1) is 0 Å². The van der Waals surface area contributed by atoms with Gasteiger partial charge in [0.25, 0.3) is 0 Å². The Bertz CT molecular complexity index is 1020. The third kappa shape index (κ3) is 36.0. The number of carbonyl (C=O) groups excluding carboxylic acids is 1. The van der Waals surface area contributed by atoms with Crippen LogP contribution >= 0.6 is 0 Å². The van der Waals surface area contributed by atoms with Gasteiger partial charge in [0.15, 0.2) is 0 Å². The van der Waals surface area contributed by atoms with Crippen molar-refractivity contribution in [3.63, 3.8) is 0 Å². The molecule has 2 fully saturated rings. The first-order valence-corrected chi connectivity index (χ1v) is 18.2. The largest absolute Gasteiger partial charge is 0.496 e. The molecule has 0 aromatic carbocycles. The van der Waals surface area contributed by atoms with E-state index in [0.29, 0.717) is 27.9 Å². The van der Waals surface area contributed by atoms with Crippen LogP contribution in [0.5, 0.6) is 0 Å². The topological polar surface area (TPSA) is 66.5 Å². The van der Waals surface area contributed by atoms with Crippen LogP contribution in [0.2, 0.25) is 0 Å². The molecule has 2 aliphatic heterocycles. The monoisotopic (exact) mass is 697 g/mol. The first-order valence-electron chi connectivity index (χ1n) is 18.2. The van der Waals surface area contributed by atoms with Gasteiger partial charge in [-0.1, -0.05) is 59.6 Å². The zero-order valence-electron chi connectivity index (χ0n) is 37.1. The van der Waals surface area contributed by atoms with E-state index in [1.807, 2.05) is 69.2 Å². The lowest BCUT2D eigenvalue weighted by molar-refractivity contribution is -0.149. The number of carbonyl (C=O) groups is 1. The number of hydrogen-bond acceptors (Lipinski definition) is 6. The Balaban J connectivity index is -0.000000544. The third-order valence-electron chi connectivity index (χ3n) is 6.84. The Kier molecular flexibility index (Phi) is 22.9. The normalized spacial score (nSPS) is 16.4. The molecule has 6 heteroatoms. The van der Waals surface area contributed by atoms with E-state index in [0.717, 1.165) is 32.0 Å². The molecule has 292 valence electrons. The lowest BCUT2D eigenvalue weighted by atomic mass is 9.74. The van der Waals surface area contributed by atoms with Gasteiger partial charge in [0.05, 0.1) is 50.0 Å². The third-order valence-corrected chi connectivity index (χ3v) is 6.84. The zero-order valence-corrected chi connectivity index (χ0v) is 37.1. The van der Waals surface area contributed by atoms with E-state index in [-0.39, 0.29) is 17.2 Å². The number of ether oxygens (including phenoxy) is 5. The van der Waals surface area contributed by atoms with Crippen LogP contribution in [0.25, 0.3) is 0 Å². The molecule has 2 aliphatic rings. The first-order chi connectivity index (χ1) is 21.5. The minimum absolute atomic E-state index is 0.0172. The molecule has 0 radical (unpaired) electrons. The molecular formula is C43H84O6. The van der Waals surface area contributed by atoms with Gasteiger partial charge in [0, 0.05) is 11.0 Å². The molecule has 0 N–H and O–H groups in total. The molecule has 0 aliphatic carbocycles. The molecule has 49 heavy (non-hydrogen) atoms. The van der Waals surface area contributed by atoms with E-state index < -0.39 is 5.60 Å². The minimum Gasteiger partial charge on any atom is -0.496 e. The number of hydrogen-bond donors (Lipinski definition) is 0. The van der Waals surface area contributed by atoms with E-state index in [2.05, 4.69) is 90.0 Å². The molecule has 2 heterocycles. The number of rotatable bonds is 5. The smallest absolute Gasteiger partial charge is 0.334 e. The van der Waals surface area contributed by atoms with Crippen molar-refractivity contribution < 1.29 is 28.5 Å². The molecule has 0 amide bonds. The molecule has 2 rings (SSSR count). The highest BCUT2D eigenvalue weighted by Crippen LogP contribution is 2.38. The van der Waals surface area contributed by atoms with Crippen LogP contribution < -0.4 is 0 Å². The summed E-state index contributed by atoms with van der Waals surface area (Å²) in [5, 5.41) is 0. The van der Waals surface area contributed by atoms with Gasteiger partial charge in [-0.2, -0.15) is 0 Å². The Morgan fingerprint density at radius 1 is 0.714 bits per heavy atom. The first kappa shape index (κ1) is 51.7. The molecule has 2 saturated heterocycles. The summed E-state index contributed by atoms with van der Waals surface area (Å²) in [6, 6.07) is 0. The van der Waals surface area contributed by atoms with Crippen LogP contribution in [-0.2, 0) is 28.5 Å². The van der Waals surface area contributed by atoms with Crippen molar-refractivity contribution in [3.8, 4) is 0 Å². The fourth-order valence-corrected chi connectivity index (χ4v) is 3.70. The molecule has 0 aromatic heterocycles. The van der Waals surface area contributed by atoms with Crippen LogP contribution in [0.15, 0.2) is 34.1 Å². The maximum atomic E-state index is 11.3. The highest BCUT2D eigenvalue weighted by molar-refractivity contribution is 5.88. The van der Waals surface area contributed by atoms with Gasteiger partial charge in [0.2, 0.25) is 0 Å². The van der Waals surface area contributed by atoms with Gasteiger partial charge in [0.1, 0.15) is 5.60 Å². The summed E-state index contributed by atoms with van der Waals surface area (Å²) in [5.74, 6) is -0.220. The maximum Gasteiger partial charge on any atom is 0.334 e. The second kappa shape index (κ2) is 21.7. The van der Waals surface area contributed by atoms with Crippen molar-refractivity contribution in [2.24, 2.45) is 16.2 Å². The van der Waals surface area contributed by atoms with Gasteiger partial charge < -0.3 is 23.7 Å². The average molecular weight is 697 g/mol. The van der Waals surface area contributed by atoms with E-state index in [9.17, 15) is 4.79 Å². The number of allylic oxidation sites excluding steroid dienone is 3. The molecule has 0 aromatic rings. The minimum atomic E-state index is -0.395. The average Bonchev–Trinajstić information content (AvgIpc) is 3.69. The van der Waals surface area contributed by atoms with Crippen LogP contribution in [0.3, 0.4) is 0 Å². The van der Waals surface area contributed by atoms with Crippen molar-refractivity contribution in [2.45, 2.75) is 195 Å². The number of esters is 1. The molecule has 0 bridgehead atoms. The summed E-state index contributed by atoms with van der Waals surface area (Å²) in [4.78, 5) is 11.3. The van der Waals surface area contributed by atoms with Crippen molar-refractivity contribution in [2.75, 3.05) is 26.4 Å². The lowest BCUT2D eigenvalue weighted by Gasteiger charge is -2.42. The van der Waals surface area contributed by atoms with Gasteiger partial charge in [-0.3, -0.25) is 0 Å². The standard InChI is InChI=1S/C10H18O2.C10H20O.C9H18O.C8H16O.C6H12O/c1-7(2)8(3)9(11)12-10(4,5)6;1-8(2)9(3)7-11-10(4,5)6;1-8(2,3)5-9(4)6-10-7-9;1-7(2)6-9-8(3,4)5;1-6(2,3)5-4-7-5/h1-6H3;7H2,1-6H3;5-7H2,1-4H3;6H,1-5H3;5H,4H2,1-3H3. The summed E-state index contributed by atoms with van der Waals surface area (Å²) < 4.78 is 26.3. The second-order valence-electron chi connectivity index (χ2n) is 20.0. The van der Waals surface area contributed by atoms with E-state index >= 15 is 0 Å². The quantitative estimate of drug-likeness (QED) is 0.0937. The van der Waals surface area contributed by atoms with Crippen molar-refractivity contribution in [1.82, 2.24) is 0 Å². The fraction of sp³-hybridized carbons (Fsp3) is 0.837. The Hall–Kier alpha value is -1.63. The van der Waals surface area contributed by atoms with E-state index in [1.165, 1.54) is 23.1 Å². The van der Waals surface area contributed by atoms with Gasteiger partial charge >= 0.3 is 5.97 Å². The SMILES string of the molecule is CC(C)(C)C1CO1.CC(C)(C)CC1(C)COC1.CC(C)=C(C)C(=O)OC(C)(C)C.CC(C)=C(C)COC(C)(C)C.CC(C)=COC(C)(C)C. The summed E-state index contributed by atoms with van der Waals surface area (Å²) in [6.45, 7) is 53.3. The van der Waals surface area contributed by atoms with E-state index in [1.54, 1.807) is 13.2 Å². The highest BCUT2D eigenvalue weighted by atomic mass is 16.6. The van der Waals surface area contributed by atoms with Gasteiger partial charge in [-0.25, -0.2) is 4.79 Å². The summed E-state index contributed by atoms with van der Waals surface area (Å²) in [6.07, 6.45) is 3.62. The van der Waals surface area contributed by atoms with Crippen LogP contribution in [0.1, 0.15) is 173 Å². The van der Waals surface area contributed by atoms with Crippen LogP contribution in [0, 0.1) is 16.2 Å². The fourth-order valence-electron chi connectivity index (χ4n) is 3.70. The maximum absolute atomic E-state index is 11.3. The Morgan fingerprint density at radius 2 is 1.16 bits per heavy atom. The Labute approximate surface area is 306 Å². The molecule has 6 nitrogen and oxygen atoms in total. The zero-order chi connectivity index (χ0) is 39.8. The molecule has 1 atom stereocenters. The highest BCUT2D eigenvalue weighted by Gasteiger charge is 2.37. The lowest BCUT2D eigenvalue weighted by Crippen LogP contribution is -2.42.